The first-order valence-electron chi connectivity index (χ1n) is 28.6. The molecular weight excluding hydrogens is 827 g/mol. The molecule has 6 N–H and O–H groups in total. The van der Waals surface area contributed by atoms with Crippen LogP contribution in [0.4, 0.5) is 0 Å². The average Bonchev–Trinajstić information content (AvgIpc) is 3.32. The third kappa shape index (κ3) is 36.6. The van der Waals surface area contributed by atoms with Crippen molar-refractivity contribution in [2.45, 2.75) is 320 Å². The van der Waals surface area contributed by atoms with Gasteiger partial charge in [-0.3, -0.25) is 4.79 Å². The Labute approximate surface area is 407 Å². The molecule has 0 radical (unpaired) electrons. The van der Waals surface area contributed by atoms with Gasteiger partial charge in [0.2, 0.25) is 5.91 Å². The molecule has 0 spiro atoms. The van der Waals surface area contributed by atoms with Gasteiger partial charge in [0.05, 0.1) is 25.4 Å². The van der Waals surface area contributed by atoms with Crippen LogP contribution in [0.2, 0.25) is 0 Å². The van der Waals surface area contributed by atoms with Crippen molar-refractivity contribution >= 4 is 5.91 Å². The molecule has 1 heterocycles. The molecule has 9 nitrogen and oxygen atoms in total. The van der Waals surface area contributed by atoms with Crippen LogP contribution in [0.1, 0.15) is 277 Å². The van der Waals surface area contributed by atoms with E-state index in [1.165, 1.54) is 212 Å². The Morgan fingerprint density at radius 2 is 0.864 bits per heavy atom. The fourth-order valence-corrected chi connectivity index (χ4v) is 9.22. The van der Waals surface area contributed by atoms with Crippen LogP contribution >= 0.6 is 0 Å². The average molecular weight is 936 g/mol. The van der Waals surface area contributed by atoms with Gasteiger partial charge >= 0.3 is 0 Å². The van der Waals surface area contributed by atoms with Crippen LogP contribution in [0.15, 0.2) is 24.3 Å². The highest BCUT2D eigenvalue weighted by atomic mass is 16.7. The molecule has 0 aromatic heterocycles. The summed E-state index contributed by atoms with van der Waals surface area (Å²) < 4.78 is 11.2. The number of nitrogens with one attached hydrogen (secondary N) is 1. The quantitative estimate of drug-likeness (QED) is 0.0261. The lowest BCUT2D eigenvalue weighted by atomic mass is 9.99. The number of ether oxygens (including phenoxy) is 2. The summed E-state index contributed by atoms with van der Waals surface area (Å²) in [4.78, 5) is 12.9. The largest absolute Gasteiger partial charge is 0.394 e. The zero-order valence-corrected chi connectivity index (χ0v) is 43.2. The summed E-state index contributed by atoms with van der Waals surface area (Å²) in [5, 5.41) is 54.1. The zero-order chi connectivity index (χ0) is 48.0. The lowest BCUT2D eigenvalue weighted by molar-refractivity contribution is -0.302. The van der Waals surface area contributed by atoms with Gasteiger partial charge in [-0.1, -0.05) is 269 Å². The lowest BCUT2D eigenvalue weighted by Gasteiger charge is -2.40. The number of unbranched alkanes of at least 4 members (excludes halogenated alkanes) is 37. The van der Waals surface area contributed by atoms with Gasteiger partial charge in [0.1, 0.15) is 24.4 Å². The molecule has 1 saturated heterocycles. The fraction of sp³-hybridized carbons (Fsp3) is 0.912. The molecular formula is C57H109NO8. The van der Waals surface area contributed by atoms with Crippen LogP contribution in [0.25, 0.3) is 0 Å². The normalized spacial score (nSPS) is 19.9. The maximum Gasteiger partial charge on any atom is 0.220 e. The summed E-state index contributed by atoms with van der Waals surface area (Å²) in [7, 11) is 0. The third-order valence-corrected chi connectivity index (χ3v) is 13.8. The van der Waals surface area contributed by atoms with E-state index in [4.69, 9.17) is 9.47 Å². The molecule has 0 aromatic carbocycles. The number of allylic oxidation sites excluding steroid dienone is 3. The van der Waals surface area contributed by atoms with Crippen LogP contribution in [-0.2, 0) is 14.3 Å². The van der Waals surface area contributed by atoms with E-state index < -0.39 is 49.5 Å². The number of hydrogen-bond acceptors (Lipinski definition) is 8. The number of aliphatic hydroxyl groups is 5. The molecule has 9 heteroatoms. The Hall–Kier alpha value is -1.33. The molecule has 0 bridgehead atoms. The summed E-state index contributed by atoms with van der Waals surface area (Å²) in [6.45, 7) is 3.70. The molecule has 66 heavy (non-hydrogen) atoms. The minimum Gasteiger partial charge on any atom is -0.394 e. The Morgan fingerprint density at radius 3 is 1.26 bits per heavy atom. The second-order valence-electron chi connectivity index (χ2n) is 20.1. The first-order chi connectivity index (χ1) is 32.3. The molecule has 390 valence electrons. The van der Waals surface area contributed by atoms with Crippen LogP contribution < -0.4 is 5.32 Å². The van der Waals surface area contributed by atoms with E-state index in [0.717, 1.165) is 44.9 Å². The highest BCUT2D eigenvalue weighted by Crippen LogP contribution is 2.23. The van der Waals surface area contributed by atoms with Gasteiger partial charge in [0.15, 0.2) is 6.29 Å². The summed E-state index contributed by atoms with van der Waals surface area (Å²) in [5.41, 5.74) is 0. The highest BCUT2D eigenvalue weighted by molar-refractivity contribution is 5.76. The monoisotopic (exact) mass is 936 g/mol. The van der Waals surface area contributed by atoms with Gasteiger partial charge in [-0.2, -0.15) is 0 Å². The topological polar surface area (TPSA) is 149 Å². The SMILES string of the molecule is CCCC/C=C/CC/C=C/C(O)C(COC1OC(CO)C(O)C(O)C1O)NC(=O)CCCCCCCCCCCCCCCCCCCCCCCCCCCCCCCCCCCCC. The van der Waals surface area contributed by atoms with Crippen molar-refractivity contribution in [1.82, 2.24) is 5.32 Å². The maximum atomic E-state index is 12.9. The van der Waals surface area contributed by atoms with Crippen molar-refractivity contribution in [3.63, 3.8) is 0 Å². The molecule has 7 atom stereocenters. The van der Waals surface area contributed by atoms with E-state index in [1.54, 1.807) is 6.08 Å². The Morgan fingerprint density at radius 1 is 0.500 bits per heavy atom. The first kappa shape index (κ1) is 62.7. The van der Waals surface area contributed by atoms with E-state index in [0.29, 0.717) is 6.42 Å². The molecule has 0 aliphatic carbocycles. The van der Waals surface area contributed by atoms with Gasteiger partial charge in [0.25, 0.3) is 0 Å². The maximum absolute atomic E-state index is 12.9. The predicted molar refractivity (Wildman–Crippen MR) is 277 cm³/mol. The molecule has 1 aliphatic rings. The number of hydrogen-bond donors (Lipinski definition) is 6. The number of rotatable bonds is 49. The second kappa shape index (κ2) is 47.4. The third-order valence-electron chi connectivity index (χ3n) is 13.8. The summed E-state index contributed by atoms with van der Waals surface area (Å²) in [6, 6.07) is -0.816. The van der Waals surface area contributed by atoms with Gasteiger partial charge in [-0.05, 0) is 25.7 Å². The molecule has 7 unspecified atom stereocenters. The van der Waals surface area contributed by atoms with Crippen molar-refractivity contribution in [3.8, 4) is 0 Å². The minimum absolute atomic E-state index is 0.185. The number of carbonyl (C=O) groups is 1. The Bertz CT molecular complexity index is 1090. The van der Waals surface area contributed by atoms with Gasteiger partial charge in [-0.15, -0.1) is 0 Å². The van der Waals surface area contributed by atoms with Crippen molar-refractivity contribution < 1.29 is 39.8 Å². The number of amides is 1. The molecule has 0 aromatic rings. The summed E-state index contributed by atoms with van der Waals surface area (Å²) >= 11 is 0. The summed E-state index contributed by atoms with van der Waals surface area (Å²) in [5.74, 6) is -0.185. The fourth-order valence-electron chi connectivity index (χ4n) is 9.22. The Balaban J connectivity index is 2.00. The predicted octanol–water partition coefficient (Wildman–Crippen LogP) is 13.8. The van der Waals surface area contributed by atoms with Gasteiger partial charge in [0, 0.05) is 6.42 Å². The summed E-state index contributed by atoms with van der Waals surface area (Å²) in [6.07, 6.45) is 53.1. The van der Waals surface area contributed by atoms with Gasteiger partial charge in [-0.25, -0.2) is 0 Å². The van der Waals surface area contributed by atoms with Crippen LogP contribution in [-0.4, -0.2) is 87.5 Å². The molecule has 1 aliphatic heterocycles. The number of carbonyl (C=O) groups excluding carboxylic acids is 1. The van der Waals surface area contributed by atoms with Crippen LogP contribution in [0.5, 0.6) is 0 Å². The Kier molecular flexibility index (Phi) is 45.0. The van der Waals surface area contributed by atoms with Crippen molar-refractivity contribution in [1.29, 1.82) is 0 Å². The smallest absolute Gasteiger partial charge is 0.220 e. The molecule has 1 fully saturated rings. The zero-order valence-electron chi connectivity index (χ0n) is 43.2. The van der Waals surface area contributed by atoms with E-state index in [2.05, 4.69) is 31.3 Å². The molecule has 1 amide bonds. The van der Waals surface area contributed by atoms with Crippen molar-refractivity contribution in [2.75, 3.05) is 13.2 Å². The van der Waals surface area contributed by atoms with Gasteiger partial charge < -0.3 is 40.3 Å². The lowest BCUT2D eigenvalue weighted by Crippen LogP contribution is -2.60. The number of aliphatic hydroxyl groups excluding tert-OH is 5. The van der Waals surface area contributed by atoms with E-state index in [-0.39, 0.29) is 12.5 Å². The molecule has 1 rings (SSSR count). The van der Waals surface area contributed by atoms with Crippen LogP contribution in [0.3, 0.4) is 0 Å². The second-order valence-corrected chi connectivity index (χ2v) is 20.1. The van der Waals surface area contributed by atoms with Crippen LogP contribution in [0, 0.1) is 0 Å². The first-order valence-corrected chi connectivity index (χ1v) is 28.6. The highest BCUT2D eigenvalue weighted by Gasteiger charge is 2.44. The van der Waals surface area contributed by atoms with E-state index in [1.807, 2.05) is 6.08 Å². The van der Waals surface area contributed by atoms with E-state index >= 15 is 0 Å². The van der Waals surface area contributed by atoms with E-state index in [9.17, 15) is 30.3 Å². The van der Waals surface area contributed by atoms with Crippen molar-refractivity contribution in [3.05, 3.63) is 24.3 Å². The minimum atomic E-state index is -1.57. The standard InChI is InChI=1S/C57H109NO8/c1-3-5-7-9-11-13-14-15-16-17-18-19-20-21-22-23-24-25-26-27-28-29-30-31-32-33-34-35-36-37-38-39-41-43-45-47-53(61)58-50(51(60)46-44-42-40-12-10-8-6-4-2)49-65-57-56(64)55(63)54(62)52(48-59)66-57/h10,12,44,46,50-52,54-57,59-60,62-64H,3-9,11,13-43,45,47-49H2,1-2H3,(H,58,61)/b12-10+,46-44+. The van der Waals surface area contributed by atoms with Crippen molar-refractivity contribution in [2.24, 2.45) is 0 Å². The molecule has 0 saturated carbocycles.